The minimum absolute atomic E-state index is 0.0481. The zero-order valence-electron chi connectivity index (χ0n) is 19.8. The molecule has 36 heavy (non-hydrogen) atoms. The first-order valence-corrected chi connectivity index (χ1v) is 13.2. The Hall–Kier alpha value is -2.38. The molecule has 2 aliphatic heterocycles. The van der Waals surface area contributed by atoms with E-state index < -0.39 is 11.9 Å². The number of hydrogen-bond acceptors (Lipinski definition) is 5. The Kier molecular flexibility index (Phi) is 7.81. The number of aromatic nitrogens is 5. The van der Waals surface area contributed by atoms with Crippen molar-refractivity contribution in [3.8, 4) is 11.4 Å². The summed E-state index contributed by atoms with van der Waals surface area (Å²) in [6, 6.07) is 9.48. The Bertz CT molecular complexity index is 1220. The largest absolute Gasteiger partial charge is 0.483 e. The number of aryl methyl sites for hydroxylation is 1. The van der Waals surface area contributed by atoms with Crippen LogP contribution in [0.4, 0.5) is 18.9 Å². The van der Waals surface area contributed by atoms with Gasteiger partial charge in [0.15, 0.2) is 16.7 Å². The normalized spacial score (nSPS) is 22.6. The number of nitrogens with zero attached hydrogens (tertiary/aromatic N) is 6. The van der Waals surface area contributed by atoms with Gasteiger partial charge in [0.1, 0.15) is 18.3 Å². The fourth-order valence-corrected chi connectivity index (χ4v) is 6.33. The summed E-state index contributed by atoms with van der Waals surface area (Å²) in [5.74, 6) is 1.76. The molecule has 0 amide bonds. The van der Waals surface area contributed by atoms with E-state index in [1.165, 1.54) is 38.4 Å². The number of piperidine rings is 1. The summed E-state index contributed by atoms with van der Waals surface area (Å²) in [6.07, 6.45) is 0.281. The van der Waals surface area contributed by atoms with Crippen LogP contribution in [0.3, 0.4) is 0 Å². The molecule has 8 nitrogen and oxygen atoms in total. The molecule has 2 fully saturated rings. The summed E-state index contributed by atoms with van der Waals surface area (Å²) in [4.78, 5) is 8.36. The second-order valence-corrected chi connectivity index (χ2v) is 11.1. The van der Waals surface area contributed by atoms with E-state index in [0.717, 1.165) is 38.3 Å². The van der Waals surface area contributed by atoms with Gasteiger partial charge in [0.05, 0.1) is 12.1 Å². The fraction of sp³-hybridized carbons (Fsp3) is 0.478. The molecular weight excluding hydrogens is 561 g/mol. The van der Waals surface area contributed by atoms with Crippen LogP contribution in [0.5, 0.6) is 0 Å². The molecule has 194 valence electrons. The molecule has 2 saturated heterocycles. The summed E-state index contributed by atoms with van der Waals surface area (Å²) in [5, 5.41) is 19.2. The minimum atomic E-state index is -4.54. The molecule has 4 heterocycles. The zero-order valence-corrected chi connectivity index (χ0v) is 22.2. The molecule has 0 spiro atoms. The summed E-state index contributed by atoms with van der Waals surface area (Å²) < 4.78 is 45.0. The summed E-state index contributed by atoms with van der Waals surface area (Å²) in [5.41, 5.74) is 0.433. The monoisotopic (exact) mass is 587 g/mol. The van der Waals surface area contributed by atoms with Crippen molar-refractivity contribution < 1.29 is 23.1 Å². The molecule has 13 heteroatoms. The maximum Gasteiger partial charge on any atom is 0.435 e. The van der Waals surface area contributed by atoms with Gasteiger partial charge in [0, 0.05) is 55.0 Å². The van der Waals surface area contributed by atoms with Crippen LogP contribution in [-0.4, -0.2) is 61.0 Å². The van der Waals surface area contributed by atoms with Crippen molar-refractivity contribution in [2.24, 2.45) is 20.0 Å². The van der Waals surface area contributed by atoms with Gasteiger partial charge >= 0.3 is 6.18 Å². The van der Waals surface area contributed by atoms with Crippen molar-refractivity contribution in [3.63, 3.8) is 0 Å². The first-order chi connectivity index (χ1) is 17.1. The third-order valence-corrected chi connectivity index (χ3v) is 8.43. The quantitative estimate of drug-likeness (QED) is 0.138. The second-order valence-electron chi connectivity index (χ2n) is 9.16. The van der Waals surface area contributed by atoms with E-state index in [9.17, 15) is 13.2 Å². The third kappa shape index (κ3) is 5.47. The second kappa shape index (κ2) is 10.5. The van der Waals surface area contributed by atoms with E-state index in [0.29, 0.717) is 11.1 Å². The molecule has 0 aliphatic carbocycles. The van der Waals surface area contributed by atoms with Crippen LogP contribution in [0.15, 0.2) is 40.1 Å². The molecule has 1 unspecified atom stereocenters. The smallest absolute Gasteiger partial charge is 0.435 e. The Morgan fingerprint density at radius 3 is 2.58 bits per heavy atom. The van der Waals surface area contributed by atoms with Gasteiger partial charge in [-0.15, -0.1) is 10.2 Å². The van der Waals surface area contributed by atoms with Crippen molar-refractivity contribution in [1.82, 2.24) is 29.0 Å². The van der Waals surface area contributed by atoms with Crippen molar-refractivity contribution in [2.45, 2.75) is 36.6 Å². The average molecular weight is 588 g/mol. The van der Waals surface area contributed by atoms with Gasteiger partial charge in [0.25, 0.3) is 6.47 Å². The Labute approximate surface area is 219 Å². The van der Waals surface area contributed by atoms with Crippen LogP contribution in [0.25, 0.3) is 11.4 Å². The number of halogens is 4. The van der Waals surface area contributed by atoms with E-state index in [1.807, 2.05) is 0 Å². The molecule has 0 bridgehead atoms. The first kappa shape index (κ1) is 26.7. The Balaban J connectivity index is 0.000000967. The highest BCUT2D eigenvalue weighted by Gasteiger charge is 2.62. The number of quaternary nitrogens is 1. The van der Waals surface area contributed by atoms with E-state index in [1.54, 1.807) is 23.4 Å². The lowest BCUT2D eigenvalue weighted by atomic mass is 10.00. The van der Waals surface area contributed by atoms with Gasteiger partial charge in [-0.3, -0.25) is 14.0 Å². The summed E-state index contributed by atoms with van der Waals surface area (Å²) in [7, 11) is 3.17. The lowest BCUT2D eigenvalue weighted by Gasteiger charge is -2.18. The van der Waals surface area contributed by atoms with E-state index in [4.69, 9.17) is 9.90 Å². The molecule has 2 aromatic heterocycles. The summed E-state index contributed by atoms with van der Waals surface area (Å²) in [6.45, 7) is 2.20. The number of hydrogen-bond donors (Lipinski definition) is 1. The molecule has 2 aliphatic rings. The number of thioether (sulfide) groups is 1. The lowest BCUT2D eigenvalue weighted by Crippen LogP contribution is -2.28. The third-order valence-electron chi connectivity index (χ3n) is 6.79. The van der Waals surface area contributed by atoms with Crippen molar-refractivity contribution in [1.29, 1.82) is 0 Å². The van der Waals surface area contributed by atoms with Crippen LogP contribution in [0.1, 0.15) is 25.0 Å². The Morgan fingerprint density at radius 2 is 1.92 bits per heavy atom. The van der Waals surface area contributed by atoms with E-state index >= 15 is 0 Å². The van der Waals surface area contributed by atoms with E-state index in [-0.39, 0.29) is 17.9 Å². The standard InChI is InChI=1S/C22H25BrF3N6S.CH2O2/c1-30-11-18(19(29-30)22(24,25)26)20-27-28-21(31(20)2)33-9-3-4-14-10-17-13-32(17,12-14)16-7-5-15(23)6-8-16;2-1-3/h5-8,11,14,17H,3-4,9-10,12-13H2,1-2H3;1H,(H,2,3)/q+1;/t14?,17-,32-;/m1./s1. The zero-order chi connectivity index (χ0) is 26.1. The number of alkyl halides is 3. The molecule has 1 N–H and O–H groups in total. The van der Waals surface area contributed by atoms with Gasteiger partial charge in [0.2, 0.25) is 0 Å². The fourth-order valence-electron chi connectivity index (χ4n) is 5.19. The maximum absolute atomic E-state index is 13.3. The molecule has 1 aromatic carbocycles. The van der Waals surface area contributed by atoms with E-state index in [2.05, 4.69) is 55.5 Å². The highest BCUT2D eigenvalue weighted by molar-refractivity contribution is 9.10. The molecular formula is C23H27BrF3N6O2S+. The van der Waals surface area contributed by atoms with Gasteiger partial charge in [-0.05, 0) is 25.0 Å². The number of carbonyl (C=O) groups is 1. The number of rotatable bonds is 7. The van der Waals surface area contributed by atoms with Gasteiger partial charge < -0.3 is 9.67 Å². The summed E-state index contributed by atoms with van der Waals surface area (Å²) >= 11 is 5.06. The van der Waals surface area contributed by atoms with Gasteiger partial charge in [-0.25, -0.2) is 0 Å². The molecule has 0 radical (unpaired) electrons. The molecule has 3 aromatic rings. The van der Waals surface area contributed by atoms with Gasteiger partial charge in [-0.1, -0.05) is 27.7 Å². The van der Waals surface area contributed by atoms with Crippen molar-refractivity contribution >= 4 is 39.9 Å². The molecule has 3 atom stereocenters. The predicted octanol–water partition coefficient (Wildman–Crippen LogP) is 4.98. The van der Waals surface area contributed by atoms with Crippen LogP contribution in [0, 0.1) is 5.92 Å². The lowest BCUT2D eigenvalue weighted by molar-refractivity contribution is -0.141. The topological polar surface area (TPSA) is 85.8 Å². The molecule has 0 saturated carbocycles. The van der Waals surface area contributed by atoms with Crippen molar-refractivity contribution in [2.75, 3.05) is 18.8 Å². The highest BCUT2D eigenvalue weighted by Crippen LogP contribution is 2.49. The van der Waals surface area contributed by atoms with Crippen LogP contribution < -0.4 is 4.48 Å². The molecule has 5 rings (SSSR count). The average Bonchev–Trinajstić information content (AvgIpc) is 3.10. The minimum Gasteiger partial charge on any atom is -0.483 e. The first-order valence-electron chi connectivity index (χ1n) is 11.4. The number of benzene rings is 1. The van der Waals surface area contributed by atoms with Crippen LogP contribution in [-0.2, 0) is 25.1 Å². The SMILES string of the molecule is Cn1cc(-c2nnc(SCCCC3C[C@@H]4C[N@@+]4(c4ccc(Br)cc4)C3)n2C)c(C(F)(F)F)n1.O=CO. The Morgan fingerprint density at radius 1 is 1.22 bits per heavy atom. The number of fused-ring (bicyclic) bond motifs is 1. The van der Waals surface area contributed by atoms with Crippen molar-refractivity contribution in [3.05, 3.63) is 40.6 Å². The van der Waals surface area contributed by atoms with Crippen LogP contribution >= 0.6 is 27.7 Å². The predicted molar refractivity (Wildman–Crippen MR) is 134 cm³/mol. The highest BCUT2D eigenvalue weighted by atomic mass is 79.9. The number of carboxylic acid groups (broad SMARTS) is 1. The van der Waals surface area contributed by atoms with Gasteiger partial charge in [-0.2, -0.15) is 18.3 Å². The maximum atomic E-state index is 13.3. The van der Waals surface area contributed by atoms with Crippen LogP contribution in [0.2, 0.25) is 0 Å².